The van der Waals surface area contributed by atoms with Crippen LogP contribution in [0.25, 0.3) is 10.9 Å². The van der Waals surface area contributed by atoms with E-state index >= 15 is 0 Å². The van der Waals surface area contributed by atoms with E-state index in [2.05, 4.69) is 64.5 Å². The summed E-state index contributed by atoms with van der Waals surface area (Å²) in [5.41, 5.74) is 6.87. The number of pyridine rings is 1. The van der Waals surface area contributed by atoms with Crippen LogP contribution in [0.15, 0.2) is 102 Å². The second-order valence-electron chi connectivity index (χ2n) is 11.5. The number of aromatic nitrogens is 1. The molecule has 0 radical (unpaired) electrons. The van der Waals surface area contributed by atoms with Crippen LogP contribution in [-0.2, 0) is 0 Å². The Hall–Kier alpha value is -5.19. The van der Waals surface area contributed by atoms with E-state index in [0.717, 1.165) is 84.3 Å². The minimum atomic E-state index is 0. The Kier molecular flexibility index (Phi) is 18.1. The highest BCUT2D eigenvalue weighted by Gasteiger charge is 2.33. The molecular weight excluding hydrogens is 649 g/mol. The molecule has 3 aliphatic heterocycles. The largest absolute Gasteiger partial charge is 0.497 e. The molecular formula is C42H58N8O2. The molecule has 1 aromatic heterocycles. The number of ether oxygens (including phenoxy) is 2. The number of aliphatic imine (C=N–C) groups is 2. The lowest BCUT2D eigenvalue weighted by Gasteiger charge is -2.40. The number of aryl methyl sites for hydroxylation is 1. The minimum Gasteiger partial charge on any atom is -0.497 e. The predicted molar refractivity (Wildman–Crippen MR) is 222 cm³/mol. The van der Waals surface area contributed by atoms with E-state index in [9.17, 15) is 0 Å². The fourth-order valence-electron chi connectivity index (χ4n) is 5.75. The van der Waals surface area contributed by atoms with Crippen LogP contribution in [0.1, 0.15) is 44.4 Å². The molecule has 2 saturated heterocycles. The molecule has 0 spiro atoms. The van der Waals surface area contributed by atoms with Gasteiger partial charge >= 0.3 is 0 Å². The second-order valence-corrected chi connectivity index (χ2v) is 11.5. The van der Waals surface area contributed by atoms with Crippen LogP contribution in [0.3, 0.4) is 0 Å². The number of para-hydroxylation sites is 1. The quantitative estimate of drug-likeness (QED) is 0.107. The zero-order valence-electron chi connectivity index (χ0n) is 32.1. The van der Waals surface area contributed by atoms with Crippen molar-refractivity contribution < 1.29 is 9.47 Å². The van der Waals surface area contributed by atoms with Crippen molar-refractivity contribution >= 4 is 39.6 Å². The summed E-state index contributed by atoms with van der Waals surface area (Å²) in [6.07, 6.45) is 0. The maximum absolute atomic E-state index is 8.42. The molecule has 0 atom stereocenters. The van der Waals surface area contributed by atoms with E-state index in [0.29, 0.717) is 17.4 Å². The van der Waals surface area contributed by atoms with Crippen molar-refractivity contribution in [1.29, 1.82) is 10.8 Å². The number of hydrogen-bond acceptors (Lipinski definition) is 10. The molecule has 7 rings (SSSR count). The first-order chi connectivity index (χ1) is 24.9. The van der Waals surface area contributed by atoms with Gasteiger partial charge in [-0.05, 0) is 48.9 Å². The first-order valence-corrected chi connectivity index (χ1v) is 17.8. The van der Waals surface area contributed by atoms with E-state index in [4.69, 9.17) is 25.3 Å². The molecule has 278 valence electrons. The van der Waals surface area contributed by atoms with E-state index in [1.165, 1.54) is 5.56 Å². The van der Waals surface area contributed by atoms with Crippen LogP contribution in [0.4, 0.5) is 5.82 Å². The monoisotopic (exact) mass is 706 g/mol. The molecule has 3 aliphatic rings. The molecule has 2 fully saturated rings. The minimum absolute atomic E-state index is 0. The van der Waals surface area contributed by atoms with Gasteiger partial charge in [-0.15, -0.1) is 13.2 Å². The van der Waals surface area contributed by atoms with Crippen LogP contribution in [0.2, 0.25) is 0 Å². The third-order valence-electron chi connectivity index (χ3n) is 8.55. The van der Waals surface area contributed by atoms with Gasteiger partial charge in [0, 0.05) is 54.5 Å². The standard InChI is InChI=1S/C22H22N4O.C14H17N3O.2C2H6.C2H4.H3N/c1-14-5-3-6-15-9-10-19(25-22(14)15)26-12-17(13-26)21(24)20(23)16-7-4-8-18(11-16)27-2;1-18-12-4-2-3-10(7-12)13-14(11-8-15-9-11)17-6-5-16-13;3*1-2;/h3-11,17,23-24H,12-13H2,1-2H3;2-4,7,11,15H,5-6,8-9H2,1H3;2*1-2H3;1-2H2;1H3. The molecule has 52 heavy (non-hydrogen) atoms. The maximum Gasteiger partial charge on any atom is 0.129 e. The first kappa shape index (κ1) is 43.0. The van der Waals surface area contributed by atoms with Crippen LogP contribution in [-0.4, -0.2) is 81.3 Å². The van der Waals surface area contributed by atoms with Crippen molar-refractivity contribution in [2.75, 3.05) is 58.4 Å². The Bertz CT molecular complexity index is 1810. The number of nitrogens with one attached hydrogen (secondary N) is 3. The summed E-state index contributed by atoms with van der Waals surface area (Å²) in [5, 5.41) is 21.2. The highest BCUT2D eigenvalue weighted by Crippen LogP contribution is 2.28. The van der Waals surface area contributed by atoms with Gasteiger partial charge in [0.1, 0.15) is 17.3 Å². The average molecular weight is 707 g/mol. The molecule has 10 nitrogen and oxygen atoms in total. The third-order valence-corrected chi connectivity index (χ3v) is 8.55. The summed E-state index contributed by atoms with van der Waals surface area (Å²) in [4.78, 5) is 16.3. The van der Waals surface area contributed by atoms with Crippen molar-refractivity contribution in [1.82, 2.24) is 16.5 Å². The Morgan fingerprint density at radius 2 is 1.42 bits per heavy atom. The number of anilines is 1. The molecule has 0 unspecified atom stereocenters. The lowest BCUT2D eigenvalue weighted by atomic mass is 9.89. The number of rotatable bonds is 8. The van der Waals surface area contributed by atoms with Crippen molar-refractivity contribution in [3.8, 4) is 11.5 Å². The summed E-state index contributed by atoms with van der Waals surface area (Å²) in [5.74, 6) is 3.09. The molecule has 0 saturated carbocycles. The van der Waals surface area contributed by atoms with Gasteiger partial charge in [0.25, 0.3) is 0 Å². The van der Waals surface area contributed by atoms with Crippen molar-refractivity contribution in [3.05, 3.63) is 109 Å². The summed E-state index contributed by atoms with van der Waals surface area (Å²) in [6, 6.07) is 25.7. The molecule has 10 heteroatoms. The molecule has 3 aromatic carbocycles. The van der Waals surface area contributed by atoms with Gasteiger partial charge in [-0.1, -0.05) is 70.2 Å². The van der Waals surface area contributed by atoms with Gasteiger partial charge in [0.2, 0.25) is 0 Å². The lowest BCUT2D eigenvalue weighted by molar-refractivity contribution is 0.414. The zero-order chi connectivity index (χ0) is 37.3. The summed E-state index contributed by atoms with van der Waals surface area (Å²) >= 11 is 0. The lowest BCUT2D eigenvalue weighted by Crippen LogP contribution is -2.52. The SMILES string of the molecule is C=C.CC.CC.COc1cccc(C(=N)C(=N)C2CN(c3ccc4cccc(C)c4n3)C2)c1.COc1cccc(C2=NCCN=C2C2CNC2)c1.N. The molecule has 0 bridgehead atoms. The number of benzene rings is 3. The molecule has 4 heterocycles. The van der Waals surface area contributed by atoms with Crippen molar-refractivity contribution in [2.24, 2.45) is 21.8 Å². The Balaban J connectivity index is 0.000000327. The topological polar surface area (TPSA) is 154 Å². The normalized spacial score (nSPS) is 14.5. The maximum atomic E-state index is 8.42. The molecule has 4 aromatic rings. The molecule has 0 amide bonds. The Morgan fingerprint density at radius 3 is 2.06 bits per heavy atom. The molecule has 6 N–H and O–H groups in total. The van der Waals surface area contributed by atoms with Crippen LogP contribution < -0.4 is 25.8 Å². The van der Waals surface area contributed by atoms with Gasteiger partial charge in [0.15, 0.2) is 0 Å². The first-order valence-electron chi connectivity index (χ1n) is 17.8. The van der Waals surface area contributed by atoms with E-state index in [-0.39, 0.29) is 17.8 Å². The Labute approximate surface area is 310 Å². The Morgan fingerprint density at radius 1 is 0.808 bits per heavy atom. The zero-order valence-corrected chi connectivity index (χ0v) is 32.1. The van der Waals surface area contributed by atoms with Crippen molar-refractivity contribution in [3.63, 3.8) is 0 Å². The van der Waals surface area contributed by atoms with Gasteiger partial charge < -0.3 is 31.3 Å². The number of fused-ring (bicyclic) bond motifs is 1. The molecule has 0 aliphatic carbocycles. The highest BCUT2D eigenvalue weighted by molar-refractivity contribution is 6.49. The fourth-order valence-corrected chi connectivity index (χ4v) is 5.75. The van der Waals surface area contributed by atoms with E-state index in [1.54, 1.807) is 20.3 Å². The number of methoxy groups -OCH3 is 2. The summed E-state index contributed by atoms with van der Waals surface area (Å²) in [6.45, 7) is 21.1. The number of hydrogen-bond donors (Lipinski definition) is 4. The number of nitrogens with zero attached hydrogens (tertiary/aromatic N) is 4. The van der Waals surface area contributed by atoms with E-state index < -0.39 is 0 Å². The highest BCUT2D eigenvalue weighted by atomic mass is 16.5. The van der Waals surface area contributed by atoms with Crippen LogP contribution in [0.5, 0.6) is 11.5 Å². The third kappa shape index (κ3) is 10.4. The van der Waals surface area contributed by atoms with Gasteiger partial charge in [-0.3, -0.25) is 15.4 Å². The van der Waals surface area contributed by atoms with Gasteiger partial charge in [-0.2, -0.15) is 0 Å². The summed E-state index contributed by atoms with van der Waals surface area (Å²) in [7, 11) is 3.29. The smallest absolute Gasteiger partial charge is 0.129 e. The summed E-state index contributed by atoms with van der Waals surface area (Å²) < 4.78 is 10.5. The van der Waals surface area contributed by atoms with Crippen molar-refractivity contribution in [2.45, 2.75) is 34.6 Å². The van der Waals surface area contributed by atoms with E-state index in [1.807, 2.05) is 76.2 Å². The fraction of sp³-hybridized carbons (Fsp3) is 0.357. The van der Waals surface area contributed by atoms with Gasteiger partial charge in [0.05, 0.1) is 55.7 Å². The second kappa shape index (κ2) is 21.9. The van der Waals surface area contributed by atoms with Crippen LogP contribution >= 0.6 is 0 Å². The van der Waals surface area contributed by atoms with Gasteiger partial charge in [-0.25, -0.2) is 4.98 Å². The average Bonchev–Trinajstić information content (AvgIpc) is 3.16. The van der Waals surface area contributed by atoms with Crippen LogP contribution in [0, 0.1) is 29.6 Å². The predicted octanol–water partition coefficient (Wildman–Crippen LogP) is 8.25.